The predicted octanol–water partition coefficient (Wildman–Crippen LogP) is 5.45. The number of benzene rings is 1. The Hall–Kier alpha value is -0.730. The van der Waals surface area contributed by atoms with Gasteiger partial charge < -0.3 is 5.11 Å². The molecule has 0 saturated heterocycles. The van der Waals surface area contributed by atoms with E-state index in [4.69, 9.17) is 23.2 Å². The summed E-state index contributed by atoms with van der Waals surface area (Å²) in [4.78, 5) is 11.5. The first-order chi connectivity index (χ1) is 10.0. The van der Waals surface area contributed by atoms with Crippen molar-refractivity contribution in [2.75, 3.05) is 0 Å². The third-order valence-corrected chi connectivity index (χ3v) is 5.20. The van der Waals surface area contributed by atoms with Crippen molar-refractivity contribution >= 4 is 29.2 Å². The third kappa shape index (κ3) is 4.37. The number of carboxylic acid groups (broad SMARTS) is 1. The van der Waals surface area contributed by atoms with Crippen molar-refractivity contribution in [1.82, 2.24) is 0 Å². The van der Waals surface area contributed by atoms with Crippen molar-refractivity contribution < 1.29 is 9.90 Å². The molecule has 21 heavy (non-hydrogen) atoms. The van der Waals surface area contributed by atoms with E-state index in [9.17, 15) is 9.90 Å². The fourth-order valence-corrected chi connectivity index (χ4v) is 3.95. The van der Waals surface area contributed by atoms with Crippen LogP contribution in [0.4, 0.5) is 0 Å². The molecule has 1 saturated carbocycles. The zero-order valence-corrected chi connectivity index (χ0v) is 13.8. The van der Waals surface area contributed by atoms with Crippen molar-refractivity contribution in [3.8, 4) is 0 Å². The highest BCUT2D eigenvalue weighted by Crippen LogP contribution is 2.39. The Morgan fingerprint density at radius 3 is 2.76 bits per heavy atom. The first kappa shape index (κ1) is 16.6. The maximum Gasteiger partial charge on any atom is 0.306 e. The number of carbonyl (C=O) groups is 1. The molecule has 1 N–H and O–H groups in total. The van der Waals surface area contributed by atoms with Crippen LogP contribution in [0.2, 0.25) is 10.0 Å². The summed E-state index contributed by atoms with van der Waals surface area (Å²) in [5.74, 6) is -0.126. The molecule has 0 heterocycles. The summed E-state index contributed by atoms with van der Waals surface area (Å²) < 4.78 is 0. The van der Waals surface area contributed by atoms with E-state index < -0.39 is 5.97 Å². The van der Waals surface area contributed by atoms with E-state index in [0.29, 0.717) is 22.4 Å². The summed E-state index contributed by atoms with van der Waals surface area (Å²) in [6, 6.07) is 5.43. The highest BCUT2D eigenvalue weighted by molar-refractivity contribution is 6.33. The van der Waals surface area contributed by atoms with Gasteiger partial charge in [-0.25, -0.2) is 0 Å². The lowest BCUT2D eigenvalue weighted by molar-refractivity contribution is -0.145. The summed E-state index contributed by atoms with van der Waals surface area (Å²) in [7, 11) is 0. The smallest absolute Gasteiger partial charge is 0.306 e. The van der Waals surface area contributed by atoms with E-state index in [2.05, 4.69) is 6.92 Å². The number of hydrogen-bond donors (Lipinski definition) is 1. The highest BCUT2D eigenvalue weighted by atomic mass is 35.5. The molecule has 0 spiro atoms. The van der Waals surface area contributed by atoms with Crippen LogP contribution in [-0.4, -0.2) is 11.1 Å². The second-order valence-corrected chi connectivity index (χ2v) is 6.96. The van der Waals surface area contributed by atoms with Crippen LogP contribution in [0.1, 0.15) is 44.6 Å². The van der Waals surface area contributed by atoms with E-state index >= 15 is 0 Å². The van der Waals surface area contributed by atoms with Crippen LogP contribution < -0.4 is 0 Å². The van der Waals surface area contributed by atoms with Crippen LogP contribution in [0.3, 0.4) is 0 Å². The lowest BCUT2D eigenvalue weighted by Crippen LogP contribution is -2.32. The minimum absolute atomic E-state index is 0.156. The van der Waals surface area contributed by atoms with Crippen molar-refractivity contribution in [2.24, 2.45) is 17.8 Å². The standard InChI is InChI=1S/C17H22Cl2O2/c1-2-3-11-4-6-15(17(20)21)12(8-11)9-13-10-14(18)5-7-16(13)19/h5,7,10-12,15H,2-4,6,8-9H2,1H3,(H,20,21). The summed E-state index contributed by atoms with van der Waals surface area (Å²) in [6.07, 6.45) is 5.84. The molecule has 0 aromatic heterocycles. The Morgan fingerprint density at radius 2 is 2.10 bits per heavy atom. The van der Waals surface area contributed by atoms with Crippen LogP contribution >= 0.6 is 23.2 Å². The van der Waals surface area contributed by atoms with Crippen LogP contribution in [0.15, 0.2) is 18.2 Å². The Kier molecular flexibility index (Phi) is 5.95. The summed E-state index contributed by atoms with van der Waals surface area (Å²) in [5.41, 5.74) is 0.970. The zero-order valence-electron chi connectivity index (χ0n) is 12.3. The molecule has 1 aliphatic rings. The van der Waals surface area contributed by atoms with E-state index in [1.807, 2.05) is 6.07 Å². The molecule has 0 amide bonds. The number of halogens is 2. The van der Waals surface area contributed by atoms with Gasteiger partial charge in [-0.2, -0.15) is 0 Å². The normalized spacial score (nSPS) is 25.8. The topological polar surface area (TPSA) is 37.3 Å². The van der Waals surface area contributed by atoms with Gasteiger partial charge in [-0.05, 0) is 61.3 Å². The number of hydrogen-bond acceptors (Lipinski definition) is 1. The average Bonchev–Trinajstić information content (AvgIpc) is 2.43. The molecule has 2 nitrogen and oxygen atoms in total. The molecule has 0 aliphatic heterocycles. The Bertz CT molecular complexity index is 502. The summed E-state index contributed by atoms with van der Waals surface area (Å²) in [6.45, 7) is 2.19. The minimum atomic E-state index is -0.673. The number of rotatable bonds is 5. The maximum absolute atomic E-state index is 11.5. The number of aliphatic carboxylic acids is 1. The molecular formula is C17H22Cl2O2. The first-order valence-electron chi connectivity index (χ1n) is 7.68. The first-order valence-corrected chi connectivity index (χ1v) is 8.43. The monoisotopic (exact) mass is 328 g/mol. The molecule has 1 aromatic carbocycles. The molecule has 4 heteroatoms. The molecular weight excluding hydrogens is 307 g/mol. The van der Waals surface area contributed by atoms with Crippen LogP contribution in [0, 0.1) is 17.8 Å². The van der Waals surface area contributed by atoms with Crippen molar-refractivity contribution in [2.45, 2.75) is 45.4 Å². The Labute approximate surface area is 136 Å². The second-order valence-electron chi connectivity index (χ2n) is 6.11. The molecule has 1 aromatic rings. The van der Waals surface area contributed by atoms with Gasteiger partial charge in [0.2, 0.25) is 0 Å². The Morgan fingerprint density at radius 1 is 1.33 bits per heavy atom. The summed E-state index contributed by atoms with van der Waals surface area (Å²) >= 11 is 12.3. The quantitative estimate of drug-likeness (QED) is 0.779. The molecule has 2 rings (SSSR count). The van der Waals surface area contributed by atoms with Gasteiger partial charge in [-0.1, -0.05) is 43.0 Å². The molecule has 1 aliphatic carbocycles. The zero-order chi connectivity index (χ0) is 15.4. The molecule has 3 unspecified atom stereocenters. The molecule has 0 bridgehead atoms. The molecule has 1 fully saturated rings. The van der Waals surface area contributed by atoms with Gasteiger partial charge in [0.05, 0.1) is 5.92 Å². The van der Waals surface area contributed by atoms with Gasteiger partial charge in [0, 0.05) is 10.0 Å². The lowest BCUT2D eigenvalue weighted by atomic mass is 9.70. The van der Waals surface area contributed by atoms with Crippen molar-refractivity contribution in [3.05, 3.63) is 33.8 Å². The fraction of sp³-hybridized carbons (Fsp3) is 0.588. The van der Waals surface area contributed by atoms with Gasteiger partial charge in [0.1, 0.15) is 0 Å². The van der Waals surface area contributed by atoms with E-state index in [1.54, 1.807) is 12.1 Å². The van der Waals surface area contributed by atoms with Crippen LogP contribution in [0.5, 0.6) is 0 Å². The van der Waals surface area contributed by atoms with Gasteiger partial charge in [-0.15, -0.1) is 0 Å². The Balaban J connectivity index is 2.15. The molecule has 0 radical (unpaired) electrons. The van der Waals surface area contributed by atoms with Gasteiger partial charge in [0.15, 0.2) is 0 Å². The predicted molar refractivity (Wildman–Crippen MR) is 87.0 cm³/mol. The largest absolute Gasteiger partial charge is 0.481 e. The van der Waals surface area contributed by atoms with Gasteiger partial charge >= 0.3 is 5.97 Å². The lowest BCUT2D eigenvalue weighted by Gasteiger charge is -2.34. The van der Waals surface area contributed by atoms with E-state index in [0.717, 1.165) is 31.2 Å². The number of carboxylic acids is 1. The molecule has 3 atom stereocenters. The molecule has 116 valence electrons. The van der Waals surface area contributed by atoms with Crippen molar-refractivity contribution in [1.29, 1.82) is 0 Å². The highest BCUT2D eigenvalue weighted by Gasteiger charge is 2.34. The average molecular weight is 329 g/mol. The third-order valence-electron chi connectivity index (χ3n) is 4.60. The van der Waals surface area contributed by atoms with Crippen LogP contribution in [-0.2, 0) is 11.2 Å². The maximum atomic E-state index is 11.5. The minimum Gasteiger partial charge on any atom is -0.481 e. The van der Waals surface area contributed by atoms with Gasteiger partial charge in [0.25, 0.3) is 0 Å². The van der Waals surface area contributed by atoms with E-state index in [1.165, 1.54) is 6.42 Å². The SMILES string of the molecule is CCCC1CCC(C(=O)O)C(Cc2cc(Cl)ccc2Cl)C1. The second kappa shape index (κ2) is 7.51. The summed E-state index contributed by atoms with van der Waals surface area (Å²) in [5, 5.41) is 10.8. The van der Waals surface area contributed by atoms with E-state index in [-0.39, 0.29) is 11.8 Å². The van der Waals surface area contributed by atoms with Crippen molar-refractivity contribution in [3.63, 3.8) is 0 Å². The van der Waals surface area contributed by atoms with Gasteiger partial charge in [-0.3, -0.25) is 4.79 Å². The fourth-order valence-electron chi connectivity index (χ4n) is 3.56. The van der Waals surface area contributed by atoms with Crippen LogP contribution in [0.25, 0.3) is 0 Å².